The lowest BCUT2D eigenvalue weighted by molar-refractivity contribution is 0.0623. The lowest BCUT2D eigenvalue weighted by Crippen LogP contribution is -2.47. The quantitative estimate of drug-likeness (QED) is 0.368. The first-order valence-electron chi connectivity index (χ1n) is 10.4. The molecule has 0 bridgehead atoms. The molecule has 8 nitrogen and oxygen atoms in total. The zero-order chi connectivity index (χ0) is 22.0. The molecule has 4 rings (SSSR count). The molecule has 1 aliphatic rings. The Bertz CT molecular complexity index is 1130. The van der Waals surface area contributed by atoms with E-state index >= 15 is 0 Å². The number of amidine groups is 1. The lowest BCUT2D eigenvalue weighted by atomic mass is 9.97. The van der Waals surface area contributed by atoms with E-state index in [4.69, 9.17) is 22.6 Å². The fourth-order valence-corrected chi connectivity index (χ4v) is 4.20. The van der Waals surface area contributed by atoms with Gasteiger partial charge in [-0.15, -0.1) is 0 Å². The molecule has 1 aromatic heterocycles. The Morgan fingerprint density at radius 3 is 2.77 bits per heavy atom. The van der Waals surface area contributed by atoms with Gasteiger partial charge in [-0.2, -0.15) is 0 Å². The minimum Gasteiger partial charge on any atom is -0.384 e. The van der Waals surface area contributed by atoms with E-state index in [0.29, 0.717) is 28.9 Å². The van der Waals surface area contributed by atoms with Crippen molar-refractivity contribution in [2.75, 3.05) is 13.1 Å². The molecule has 0 spiro atoms. The number of likely N-dealkylation sites (tertiary alicyclic amines) is 1. The van der Waals surface area contributed by atoms with Crippen LogP contribution in [0.25, 0.3) is 10.9 Å². The molecule has 3 aromatic rings. The van der Waals surface area contributed by atoms with Gasteiger partial charge in [0.1, 0.15) is 12.2 Å². The third-order valence-electron chi connectivity index (χ3n) is 5.93. The van der Waals surface area contributed by atoms with Gasteiger partial charge in [0.15, 0.2) is 0 Å². The van der Waals surface area contributed by atoms with Gasteiger partial charge in [0, 0.05) is 35.6 Å². The topological polar surface area (TPSA) is 148 Å². The fourth-order valence-electron chi connectivity index (χ4n) is 4.20. The summed E-state index contributed by atoms with van der Waals surface area (Å²) in [7, 11) is 0. The van der Waals surface area contributed by atoms with Gasteiger partial charge in [0.25, 0.3) is 5.91 Å². The number of carbonyl (C=O) groups is 1. The number of benzene rings is 2. The second-order valence-corrected chi connectivity index (χ2v) is 7.89. The predicted molar refractivity (Wildman–Crippen MR) is 121 cm³/mol. The minimum absolute atomic E-state index is 0.0155. The molecule has 1 saturated heterocycles. The third-order valence-corrected chi connectivity index (χ3v) is 5.93. The SMILES string of the molecule is N=C(N)c1cccc(C(N)c2ncnc3cc(C(=O)N4CCCCC4CN)ccc23)c1. The highest BCUT2D eigenvalue weighted by Crippen LogP contribution is 2.27. The van der Waals surface area contributed by atoms with E-state index in [2.05, 4.69) is 9.97 Å². The smallest absolute Gasteiger partial charge is 0.254 e. The molecular weight excluding hydrogens is 390 g/mol. The van der Waals surface area contributed by atoms with Crippen molar-refractivity contribution in [3.63, 3.8) is 0 Å². The van der Waals surface area contributed by atoms with Gasteiger partial charge in [-0.1, -0.05) is 24.3 Å². The van der Waals surface area contributed by atoms with E-state index in [1.807, 2.05) is 23.1 Å². The monoisotopic (exact) mass is 417 g/mol. The van der Waals surface area contributed by atoms with E-state index in [9.17, 15) is 4.79 Å². The Morgan fingerprint density at radius 1 is 1.16 bits per heavy atom. The van der Waals surface area contributed by atoms with Crippen LogP contribution in [0.3, 0.4) is 0 Å². The highest BCUT2D eigenvalue weighted by atomic mass is 16.2. The van der Waals surface area contributed by atoms with Crippen molar-refractivity contribution in [3.05, 3.63) is 71.2 Å². The maximum atomic E-state index is 13.1. The first-order chi connectivity index (χ1) is 15.0. The summed E-state index contributed by atoms with van der Waals surface area (Å²) in [5.74, 6) is -0.0334. The number of nitrogens with one attached hydrogen (secondary N) is 1. The molecule has 2 unspecified atom stereocenters. The predicted octanol–water partition coefficient (Wildman–Crippen LogP) is 1.92. The number of nitrogens with two attached hydrogens (primary N) is 3. The summed E-state index contributed by atoms with van der Waals surface area (Å²) in [6, 6.07) is 12.3. The number of hydrogen-bond acceptors (Lipinski definition) is 6. The molecule has 2 heterocycles. The Balaban J connectivity index is 1.68. The van der Waals surface area contributed by atoms with Crippen molar-refractivity contribution in [1.82, 2.24) is 14.9 Å². The van der Waals surface area contributed by atoms with Crippen LogP contribution in [0.15, 0.2) is 48.8 Å². The fraction of sp³-hybridized carbons (Fsp3) is 0.304. The summed E-state index contributed by atoms with van der Waals surface area (Å²) in [6.45, 7) is 1.20. The number of hydrogen-bond donors (Lipinski definition) is 4. The molecule has 1 amide bonds. The van der Waals surface area contributed by atoms with Crippen molar-refractivity contribution >= 4 is 22.6 Å². The summed E-state index contributed by atoms with van der Waals surface area (Å²) in [5.41, 5.74) is 21.3. The summed E-state index contributed by atoms with van der Waals surface area (Å²) in [6.07, 6.45) is 4.50. The molecule has 7 N–H and O–H groups in total. The van der Waals surface area contributed by atoms with Gasteiger partial charge >= 0.3 is 0 Å². The number of piperidine rings is 1. The molecular formula is C23H27N7O. The van der Waals surface area contributed by atoms with Crippen molar-refractivity contribution < 1.29 is 4.79 Å². The summed E-state index contributed by atoms with van der Waals surface area (Å²) < 4.78 is 0. The normalized spacial score (nSPS) is 17.5. The number of nitrogens with zero attached hydrogens (tertiary/aromatic N) is 3. The molecule has 8 heteroatoms. The van der Waals surface area contributed by atoms with Crippen LogP contribution < -0.4 is 17.2 Å². The second kappa shape index (κ2) is 8.79. The Labute approximate surface area is 181 Å². The molecule has 1 aliphatic heterocycles. The average Bonchev–Trinajstić information content (AvgIpc) is 2.82. The van der Waals surface area contributed by atoms with Crippen LogP contribution in [0.2, 0.25) is 0 Å². The van der Waals surface area contributed by atoms with Crippen LogP contribution in [-0.2, 0) is 0 Å². The minimum atomic E-state index is -0.518. The van der Waals surface area contributed by atoms with Gasteiger partial charge in [-0.05, 0) is 43.0 Å². The summed E-state index contributed by atoms with van der Waals surface area (Å²) in [5, 5.41) is 8.44. The lowest BCUT2D eigenvalue weighted by Gasteiger charge is -2.35. The summed E-state index contributed by atoms with van der Waals surface area (Å²) >= 11 is 0. The highest BCUT2D eigenvalue weighted by molar-refractivity contribution is 5.98. The standard InChI is InChI=1S/C23H27N7O/c24-12-17-6-1-2-9-30(17)23(31)16-7-8-18-19(11-16)28-13-29-21(18)20(25)14-4-3-5-15(10-14)22(26)27/h3-5,7-8,10-11,13,17,20H,1-2,6,9,12,24-25H2,(H3,26,27). The van der Waals surface area contributed by atoms with Crippen LogP contribution in [-0.4, -0.2) is 45.7 Å². The van der Waals surface area contributed by atoms with Crippen molar-refractivity contribution in [3.8, 4) is 0 Å². The van der Waals surface area contributed by atoms with Gasteiger partial charge in [0.2, 0.25) is 0 Å². The number of nitrogen functional groups attached to an aromatic ring is 1. The number of fused-ring (bicyclic) bond motifs is 1. The Morgan fingerprint density at radius 2 is 2.00 bits per heavy atom. The molecule has 0 saturated carbocycles. The van der Waals surface area contributed by atoms with Crippen molar-refractivity contribution in [1.29, 1.82) is 5.41 Å². The molecule has 1 fully saturated rings. The first kappa shape index (κ1) is 20.9. The maximum absolute atomic E-state index is 13.1. The van der Waals surface area contributed by atoms with Gasteiger partial charge in [-0.25, -0.2) is 9.97 Å². The van der Waals surface area contributed by atoms with E-state index in [1.165, 1.54) is 6.33 Å². The molecule has 160 valence electrons. The van der Waals surface area contributed by atoms with Crippen LogP contribution in [0.1, 0.15) is 52.5 Å². The van der Waals surface area contributed by atoms with Gasteiger partial charge < -0.3 is 22.1 Å². The Hall–Kier alpha value is -3.36. The molecule has 31 heavy (non-hydrogen) atoms. The zero-order valence-electron chi connectivity index (χ0n) is 17.3. The molecule has 0 radical (unpaired) electrons. The first-order valence-corrected chi connectivity index (χ1v) is 10.4. The highest BCUT2D eigenvalue weighted by Gasteiger charge is 2.27. The molecule has 2 atom stereocenters. The maximum Gasteiger partial charge on any atom is 0.254 e. The number of amides is 1. The van der Waals surface area contributed by atoms with Crippen LogP contribution in [0, 0.1) is 5.41 Å². The van der Waals surface area contributed by atoms with Crippen LogP contribution in [0.5, 0.6) is 0 Å². The van der Waals surface area contributed by atoms with Crippen molar-refractivity contribution in [2.45, 2.75) is 31.3 Å². The van der Waals surface area contributed by atoms with E-state index in [-0.39, 0.29) is 17.8 Å². The molecule has 2 aromatic carbocycles. The van der Waals surface area contributed by atoms with E-state index in [0.717, 1.165) is 36.8 Å². The number of carbonyl (C=O) groups excluding carboxylic acids is 1. The van der Waals surface area contributed by atoms with Crippen LogP contribution in [0.4, 0.5) is 0 Å². The van der Waals surface area contributed by atoms with E-state index < -0.39 is 6.04 Å². The van der Waals surface area contributed by atoms with Crippen molar-refractivity contribution in [2.24, 2.45) is 17.2 Å². The third kappa shape index (κ3) is 4.12. The second-order valence-electron chi connectivity index (χ2n) is 7.89. The molecule has 0 aliphatic carbocycles. The van der Waals surface area contributed by atoms with E-state index in [1.54, 1.807) is 24.3 Å². The number of aromatic nitrogens is 2. The zero-order valence-corrected chi connectivity index (χ0v) is 17.3. The Kier molecular flexibility index (Phi) is 5.92. The van der Waals surface area contributed by atoms with Gasteiger partial charge in [0.05, 0.1) is 17.3 Å². The van der Waals surface area contributed by atoms with Gasteiger partial charge in [-0.3, -0.25) is 10.2 Å². The summed E-state index contributed by atoms with van der Waals surface area (Å²) in [4.78, 5) is 23.8. The number of rotatable bonds is 5. The van der Waals surface area contributed by atoms with Crippen LogP contribution >= 0.6 is 0 Å². The largest absolute Gasteiger partial charge is 0.384 e. The average molecular weight is 418 g/mol.